The first-order chi connectivity index (χ1) is 17.4. The van der Waals surface area contributed by atoms with Crippen LogP contribution in [-0.4, -0.2) is 61.7 Å². The highest BCUT2D eigenvalue weighted by atomic mass is 32.2. The van der Waals surface area contributed by atoms with E-state index < -0.39 is 15.7 Å². The third-order valence-electron chi connectivity index (χ3n) is 6.09. The number of amides is 1. The summed E-state index contributed by atoms with van der Waals surface area (Å²) in [5.74, 6) is -0.934. The zero-order valence-electron chi connectivity index (χ0n) is 20.2. The Hall–Kier alpha value is -3.08. The molecule has 3 aromatic rings. The summed E-state index contributed by atoms with van der Waals surface area (Å²) in [7, 11) is -2.29. The fourth-order valence-electron chi connectivity index (χ4n) is 4.23. The summed E-state index contributed by atoms with van der Waals surface area (Å²) in [6, 6.07) is 14.3. The normalized spacial score (nSPS) is 15.8. The molecule has 2 aromatic carbocycles. The maximum absolute atomic E-state index is 13.4. The van der Waals surface area contributed by atoms with E-state index in [9.17, 15) is 17.6 Å². The summed E-state index contributed by atoms with van der Waals surface area (Å²) in [5.41, 5.74) is 1.58. The number of halogens is 1. The molecule has 10 heteroatoms. The van der Waals surface area contributed by atoms with Crippen molar-refractivity contribution >= 4 is 15.7 Å². The van der Waals surface area contributed by atoms with E-state index in [-0.39, 0.29) is 29.5 Å². The molecule has 0 unspecified atom stereocenters. The van der Waals surface area contributed by atoms with Crippen LogP contribution in [0.5, 0.6) is 0 Å². The number of carbonyl (C=O) groups is 1. The maximum atomic E-state index is 13.4. The lowest BCUT2D eigenvalue weighted by molar-refractivity contribution is 0.0668. The largest absolute Gasteiger partial charge is 0.383 e. The average molecular weight is 516 g/mol. The predicted octanol–water partition coefficient (Wildman–Crippen LogP) is 3.46. The first kappa shape index (κ1) is 26.0. The smallest absolute Gasteiger partial charge is 0.254 e. The van der Waals surface area contributed by atoms with Crippen molar-refractivity contribution in [1.82, 2.24) is 14.5 Å². The minimum atomic E-state index is -3.86. The number of hydrogen-bond donors (Lipinski definition) is 0. The van der Waals surface area contributed by atoms with E-state index in [0.29, 0.717) is 43.1 Å². The molecule has 192 valence electrons. The minimum Gasteiger partial charge on any atom is -0.383 e. The first-order valence-electron chi connectivity index (χ1n) is 11.8. The van der Waals surface area contributed by atoms with Crippen molar-refractivity contribution in [3.8, 4) is 0 Å². The molecule has 4 rings (SSSR count). The van der Waals surface area contributed by atoms with Gasteiger partial charge >= 0.3 is 0 Å². The van der Waals surface area contributed by atoms with Gasteiger partial charge in [0, 0.05) is 25.8 Å². The van der Waals surface area contributed by atoms with Crippen LogP contribution in [0.25, 0.3) is 0 Å². The monoisotopic (exact) mass is 515 g/mol. The van der Waals surface area contributed by atoms with Gasteiger partial charge in [-0.25, -0.2) is 17.8 Å². The summed E-state index contributed by atoms with van der Waals surface area (Å²) >= 11 is 0. The van der Waals surface area contributed by atoms with Crippen molar-refractivity contribution in [2.75, 3.05) is 26.9 Å². The Kier molecular flexibility index (Phi) is 8.50. The highest BCUT2D eigenvalue weighted by Gasteiger charge is 2.28. The summed E-state index contributed by atoms with van der Waals surface area (Å²) < 4.78 is 52.7. The van der Waals surface area contributed by atoms with Gasteiger partial charge in [0.05, 0.1) is 43.4 Å². The molecule has 0 aliphatic carbocycles. The summed E-state index contributed by atoms with van der Waals surface area (Å²) in [4.78, 5) is 19.2. The first-order valence-corrected chi connectivity index (χ1v) is 13.5. The number of ether oxygens (including phenoxy) is 2. The molecule has 1 fully saturated rings. The van der Waals surface area contributed by atoms with E-state index in [2.05, 4.69) is 4.98 Å². The number of nitrogens with zero attached hydrogens (tertiary/aromatic N) is 3. The van der Waals surface area contributed by atoms with Gasteiger partial charge in [-0.15, -0.1) is 0 Å². The standard InChI is InChI=1S/C26H30FN3O5S/c1-34-15-13-29(25(31)21-6-3-2-4-7-21)17-23-16-28-26(30(23)18-24-8-5-14-35-24)36(32,33)19-20-9-11-22(27)12-10-20/h2-4,6-7,9-12,16,24H,5,8,13-15,17-19H2,1H3/t24-/m1/s1. The van der Waals surface area contributed by atoms with Crippen LogP contribution in [0, 0.1) is 5.82 Å². The van der Waals surface area contributed by atoms with Crippen LogP contribution in [0.4, 0.5) is 4.39 Å². The molecule has 1 saturated heterocycles. The molecule has 2 heterocycles. The van der Waals surface area contributed by atoms with Crippen molar-refractivity contribution in [2.24, 2.45) is 0 Å². The van der Waals surface area contributed by atoms with Crippen LogP contribution in [0.2, 0.25) is 0 Å². The zero-order chi connectivity index (χ0) is 25.5. The van der Waals surface area contributed by atoms with Gasteiger partial charge in [0.15, 0.2) is 0 Å². The third kappa shape index (κ3) is 6.37. The number of methoxy groups -OCH3 is 1. The van der Waals surface area contributed by atoms with Crippen molar-refractivity contribution in [3.05, 3.63) is 83.4 Å². The topological polar surface area (TPSA) is 90.7 Å². The van der Waals surface area contributed by atoms with Gasteiger partial charge in [-0.05, 0) is 42.7 Å². The second-order valence-corrected chi connectivity index (χ2v) is 10.6. The maximum Gasteiger partial charge on any atom is 0.254 e. The average Bonchev–Trinajstić information content (AvgIpc) is 3.54. The Balaban J connectivity index is 1.65. The number of hydrogen-bond acceptors (Lipinski definition) is 6. The highest BCUT2D eigenvalue weighted by Crippen LogP contribution is 2.23. The quantitative estimate of drug-likeness (QED) is 0.389. The van der Waals surface area contributed by atoms with E-state index in [1.807, 2.05) is 6.07 Å². The van der Waals surface area contributed by atoms with E-state index in [1.54, 1.807) is 40.8 Å². The molecule has 0 spiro atoms. The molecule has 1 aliphatic rings. The van der Waals surface area contributed by atoms with Crippen molar-refractivity contribution in [1.29, 1.82) is 0 Å². The number of benzene rings is 2. The Morgan fingerprint density at radius 2 is 1.94 bits per heavy atom. The van der Waals surface area contributed by atoms with Gasteiger partial charge in [0.25, 0.3) is 5.91 Å². The molecule has 1 aliphatic heterocycles. The lowest BCUT2D eigenvalue weighted by Crippen LogP contribution is -2.34. The number of rotatable bonds is 11. The molecule has 0 saturated carbocycles. The van der Waals surface area contributed by atoms with Gasteiger partial charge in [-0.2, -0.15) is 0 Å². The SMILES string of the molecule is COCCN(Cc1cnc(S(=O)(=O)Cc2ccc(F)cc2)n1C[C@H]1CCCO1)C(=O)c1ccccc1. The van der Waals surface area contributed by atoms with Crippen LogP contribution < -0.4 is 0 Å². The van der Waals surface area contributed by atoms with Crippen molar-refractivity contribution in [3.63, 3.8) is 0 Å². The molecule has 0 bridgehead atoms. The molecular formula is C26H30FN3O5S. The Bertz CT molecular complexity index is 1260. The van der Waals surface area contributed by atoms with Gasteiger partial charge in [0.2, 0.25) is 15.0 Å². The summed E-state index contributed by atoms with van der Waals surface area (Å²) in [6.07, 6.45) is 3.07. The molecule has 0 radical (unpaired) electrons. The van der Waals surface area contributed by atoms with E-state index in [0.717, 1.165) is 12.8 Å². The molecule has 1 atom stereocenters. The van der Waals surface area contributed by atoms with Gasteiger partial charge in [-0.3, -0.25) is 4.79 Å². The lowest BCUT2D eigenvalue weighted by Gasteiger charge is -2.24. The van der Waals surface area contributed by atoms with Crippen LogP contribution in [-0.2, 0) is 38.2 Å². The molecule has 36 heavy (non-hydrogen) atoms. The van der Waals surface area contributed by atoms with E-state index >= 15 is 0 Å². The molecule has 0 N–H and O–H groups in total. The van der Waals surface area contributed by atoms with E-state index in [4.69, 9.17) is 9.47 Å². The predicted molar refractivity (Wildman–Crippen MR) is 132 cm³/mol. The Labute approximate surface area is 210 Å². The second-order valence-electron chi connectivity index (χ2n) is 8.75. The van der Waals surface area contributed by atoms with Gasteiger partial charge < -0.3 is 18.9 Å². The Morgan fingerprint density at radius 3 is 2.61 bits per heavy atom. The van der Waals surface area contributed by atoms with Crippen LogP contribution >= 0.6 is 0 Å². The zero-order valence-corrected chi connectivity index (χ0v) is 21.0. The molecule has 1 aromatic heterocycles. The molecule has 8 nitrogen and oxygen atoms in total. The number of aromatic nitrogens is 2. The van der Waals surface area contributed by atoms with Crippen LogP contribution in [0.1, 0.15) is 34.5 Å². The number of sulfone groups is 1. The second kappa shape index (κ2) is 11.8. The van der Waals surface area contributed by atoms with Crippen molar-refractivity contribution in [2.45, 2.75) is 42.9 Å². The fraction of sp³-hybridized carbons (Fsp3) is 0.385. The van der Waals surface area contributed by atoms with Crippen LogP contribution in [0.3, 0.4) is 0 Å². The molecular weight excluding hydrogens is 485 g/mol. The summed E-state index contributed by atoms with van der Waals surface area (Å²) in [6.45, 7) is 1.74. The minimum absolute atomic E-state index is 0.0869. The fourth-order valence-corrected chi connectivity index (χ4v) is 5.73. The lowest BCUT2D eigenvalue weighted by atomic mass is 10.2. The van der Waals surface area contributed by atoms with Crippen molar-refractivity contribution < 1.29 is 27.1 Å². The highest BCUT2D eigenvalue weighted by molar-refractivity contribution is 7.90. The van der Waals surface area contributed by atoms with Gasteiger partial charge in [-0.1, -0.05) is 30.3 Å². The van der Waals surface area contributed by atoms with Gasteiger partial charge in [0.1, 0.15) is 5.82 Å². The van der Waals surface area contributed by atoms with E-state index in [1.165, 1.54) is 30.5 Å². The van der Waals surface area contributed by atoms with Crippen LogP contribution in [0.15, 0.2) is 66.0 Å². The number of imidazole rings is 1. The number of carbonyl (C=O) groups excluding carboxylic acids is 1. The Morgan fingerprint density at radius 1 is 1.19 bits per heavy atom. The third-order valence-corrected chi connectivity index (χ3v) is 7.68. The molecule has 1 amide bonds. The summed E-state index contributed by atoms with van der Waals surface area (Å²) in [5, 5.41) is -0.0869.